The molecule has 0 unspecified atom stereocenters. The quantitative estimate of drug-likeness (QED) is 0.401. The van der Waals surface area contributed by atoms with E-state index in [0.29, 0.717) is 24.2 Å². The van der Waals surface area contributed by atoms with Crippen LogP contribution in [0.5, 0.6) is 0 Å². The second-order valence-corrected chi connectivity index (χ2v) is 13.8. The monoisotopic (exact) mass is 537 g/mol. The number of nitrogens with one attached hydrogen (secondary N) is 2. The van der Waals surface area contributed by atoms with Crippen molar-refractivity contribution >= 4 is 18.9 Å². The van der Waals surface area contributed by atoms with Gasteiger partial charge < -0.3 is 25.7 Å². The van der Waals surface area contributed by atoms with Gasteiger partial charge in [0.15, 0.2) is 0 Å². The summed E-state index contributed by atoms with van der Waals surface area (Å²) in [5.74, 6) is 0.478. The first kappa shape index (κ1) is 28.6. The number of hydrogen-bond donors (Lipinski definition) is 3. The zero-order valence-electron chi connectivity index (χ0n) is 24.5. The van der Waals surface area contributed by atoms with Crippen LogP contribution in [0.1, 0.15) is 97.5 Å². The van der Waals surface area contributed by atoms with Crippen molar-refractivity contribution in [3.8, 4) is 0 Å². The zero-order valence-corrected chi connectivity index (χ0v) is 24.5. The van der Waals surface area contributed by atoms with Crippen LogP contribution in [0.3, 0.4) is 0 Å². The Morgan fingerprint density at radius 2 is 1.72 bits per heavy atom. The molecule has 1 aromatic rings. The molecule has 5 aliphatic rings. The Morgan fingerprint density at radius 1 is 1.03 bits per heavy atom. The summed E-state index contributed by atoms with van der Waals surface area (Å²) in [5, 5.41) is 6.19. The van der Waals surface area contributed by atoms with Gasteiger partial charge in [-0.2, -0.15) is 0 Å². The van der Waals surface area contributed by atoms with Crippen molar-refractivity contribution in [2.75, 3.05) is 0 Å². The molecular weight excluding hydrogens is 489 g/mol. The minimum atomic E-state index is -0.702. The van der Waals surface area contributed by atoms with Crippen LogP contribution in [0.15, 0.2) is 30.3 Å². The summed E-state index contributed by atoms with van der Waals surface area (Å²) in [7, 11) is -0.599. The van der Waals surface area contributed by atoms with E-state index in [1.807, 2.05) is 44.2 Å². The molecule has 1 aromatic carbocycles. The van der Waals surface area contributed by atoms with Gasteiger partial charge in [0.25, 0.3) is 0 Å². The normalized spacial score (nSPS) is 32.1. The first-order valence-corrected chi connectivity index (χ1v) is 15.2. The molecule has 0 radical (unpaired) electrons. The minimum absolute atomic E-state index is 0.0146. The average molecular weight is 538 g/mol. The lowest BCUT2D eigenvalue weighted by Gasteiger charge is -2.64. The molecule has 4 saturated carbocycles. The highest BCUT2D eigenvalue weighted by atomic mass is 16.7. The van der Waals surface area contributed by atoms with E-state index >= 15 is 0 Å². The van der Waals surface area contributed by atoms with E-state index in [-0.39, 0.29) is 34.9 Å². The molecule has 39 heavy (non-hydrogen) atoms. The van der Waals surface area contributed by atoms with Crippen LogP contribution in [-0.2, 0) is 18.9 Å². The molecule has 6 rings (SSSR count). The Hall–Kier alpha value is -1.90. The van der Waals surface area contributed by atoms with Crippen LogP contribution >= 0.6 is 0 Å². The van der Waals surface area contributed by atoms with E-state index < -0.39 is 25.1 Å². The minimum Gasteiger partial charge on any atom is -0.404 e. The highest BCUT2D eigenvalue weighted by Gasteiger charge is 2.68. The lowest BCUT2D eigenvalue weighted by Crippen LogP contribution is -2.65. The highest BCUT2D eigenvalue weighted by molar-refractivity contribution is 6.47. The van der Waals surface area contributed by atoms with Crippen LogP contribution in [0.25, 0.3) is 0 Å². The van der Waals surface area contributed by atoms with Crippen molar-refractivity contribution in [1.82, 2.24) is 10.6 Å². The van der Waals surface area contributed by atoms with Crippen molar-refractivity contribution in [2.45, 2.75) is 116 Å². The van der Waals surface area contributed by atoms with Crippen molar-refractivity contribution in [1.29, 1.82) is 0 Å². The number of amides is 2. The molecule has 7 nitrogen and oxygen atoms in total. The molecule has 4 aliphatic carbocycles. The average Bonchev–Trinajstić information content (AvgIpc) is 3.27. The molecule has 1 heterocycles. The third-order valence-corrected chi connectivity index (χ3v) is 10.6. The maximum atomic E-state index is 13.8. The van der Waals surface area contributed by atoms with E-state index in [1.54, 1.807) is 0 Å². The van der Waals surface area contributed by atoms with Gasteiger partial charge in [-0.05, 0) is 60.8 Å². The van der Waals surface area contributed by atoms with E-state index in [2.05, 4.69) is 31.4 Å². The van der Waals surface area contributed by atoms with Crippen molar-refractivity contribution in [2.24, 2.45) is 34.8 Å². The fraction of sp³-hybridized carbons (Fsp3) is 0.742. The summed E-state index contributed by atoms with van der Waals surface area (Å²) in [4.78, 5) is 26.9. The van der Waals surface area contributed by atoms with Gasteiger partial charge in [-0.25, -0.2) is 0 Å². The predicted octanol–water partition coefficient (Wildman–Crippen LogP) is 4.55. The van der Waals surface area contributed by atoms with Gasteiger partial charge in [-0.3, -0.25) is 9.59 Å². The third kappa shape index (κ3) is 5.53. The largest absolute Gasteiger partial charge is 0.486 e. The smallest absolute Gasteiger partial charge is 0.404 e. The van der Waals surface area contributed by atoms with Gasteiger partial charge in [0, 0.05) is 0 Å². The summed E-state index contributed by atoms with van der Waals surface area (Å²) in [6.07, 6.45) is 8.79. The summed E-state index contributed by atoms with van der Waals surface area (Å²) < 4.78 is 13.3. The number of nitrogens with two attached hydrogens (primary N) is 1. The number of carbonyl (C=O) groups excluding carboxylic acids is 2. The zero-order chi connectivity index (χ0) is 27.9. The molecule has 0 spiro atoms. The molecule has 214 valence electrons. The fourth-order valence-electron chi connectivity index (χ4n) is 7.94. The summed E-state index contributed by atoms with van der Waals surface area (Å²) >= 11 is 0. The topological polar surface area (TPSA) is 103 Å². The predicted molar refractivity (Wildman–Crippen MR) is 153 cm³/mol. The lowest BCUT2D eigenvalue weighted by molar-refractivity contribution is -0.199. The van der Waals surface area contributed by atoms with Crippen molar-refractivity contribution < 1.29 is 18.9 Å². The Morgan fingerprint density at radius 3 is 2.36 bits per heavy atom. The molecular formula is C31H48BN3O4. The van der Waals surface area contributed by atoms with Gasteiger partial charge in [0.1, 0.15) is 6.04 Å². The van der Waals surface area contributed by atoms with Crippen LogP contribution in [0, 0.1) is 29.1 Å². The second-order valence-electron chi connectivity index (χ2n) is 13.8. The van der Waals surface area contributed by atoms with Gasteiger partial charge in [-0.1, -0.05) is 90.1 Å². The first-order valence-electron chi connectivity index (χ1n) is 15.2. The fourth-order valence-corrected chi connectivity index (χ4v) is 7.94. The number of carbonyl (C=O) groups is 2. The standard InChI is InChI=1S/C31H48BN3O4/c1-19(2)26(34-28(36)23(33)16-20-12-8-6-9-13-20)29(37)35-27(21-14-10-7-11-15-21)32-38-25-18-22-17-24(30(22,3)4)31(25,5)39-32/h7,10-11,14-15,19-20,22-27H,6,8-9,12-13,16-18,33H2,1-5H3,(H,34,36)(H,35,37)/t22-,23+,24-,25+,26-,27-,31-/m0/s1. The van der Waals surface area contributed by atoms with Crippen LogP contribution in [-0.4, -0.2) is 42.7 Å². The maximum absolute atomic E-state index is 13.8. The number of hydrogen-bond acceptors (Lipinski definition) is 5. The molecule has 7 atom stereocenters. The molecule has 0 aromatic heterocycles. The molecule has 8 heteroatoms. The molecule has 5 fully saturated rings. The molecule has 2 amide bonds. The second kappa shape index (κ2) is 11.2. The highest BCUT2D eigenvalue weighted by Crippen LogP contribution is 2.66. The van der Waals surface area contributed by atoms with Crippen LogP contribution in [0.4, 0.5) is 0 Å². The van der Waals surface area contributed by atoms with Gasteiger partial charge in [0.05, 0.1) is 23.7 Å². The number of benzene rings is 1. The van der Waals surface area contributed by atoms with E-state index in [4.69, 9.17) is 15.0 Å². The summed E-state index contributed by atoms with van der Waals surface area (Å²) in [6, 6.07) is 8.57. The Kier molecular flexibility index (Phi) is 8.20. The van der Waals surface area contributed by atoms with Crippen LogP contribution < -0.4 is 16.4 Å². The molecule has 2 bridgehead atoms. The first-order chi connectivity index (χ1) is 18.5. The van der Waals surface area contributed by atoms with E-state index in [9.17, 15) is 9.59 Å². The van der Waals surface area contributed by atoms with Gasteiger partial charge in [-0.15, -0.1) is 0 Å². The Labute approximate surface area is 234 Å². The maximum Gasteiger partial charge on any atom is 0.486 e. The number of rotatable bonds is 9. The molecule has 1 aliphatic heterocycles. The third-order valence-electron chi connectivity index (χ3n) is 10.6. The molecule has 4 N–H and O–H groups in total. The summed E-state index contributed by atoms with van der Waals surface area (Å²) in [5.41, 5.74) is 7.11. The lowest BCUT2D eigenvalue weighted by atomic mass is 9.43. The summed E-state index contributed by atoms with van der Waals surface area (Å²) in [6.45, 7) is 10.8. The van der Waals surface area contributed by atoms with Crippen molar-refractivity contribution in [3.63, 3.8) is 0 Å². The Balaban J connectivity index is 1.29. The van der Waals surface area contributed by atoms with Crippen LogP contribution in [0.2, 0.25) is 0 Å². The van der Waals surface area contributed by atoms with E-state index in [0.717, 1.165) is 24.8 Å². The molecule has 1 saturated heterocycles. The Bertz CT molecular complexity index is 1030. The van der Waals surface area contributed by atoms with Gasteiger partial charge in [0.2, 0.25) is 11.8 Å². The van der Waals surface area contributed by atoms with Crippen molar-refractivity contribution in [3.05, 3.63) is 35.9 Å². The van der Waals surface area contributed by atoms with Gasteiger partial charge >= 0.3 is 7.12 Å². The van der Waals surface area contributed by atoms with E-state index in [1.165, 1.54) is 25.7 Å². The SMILES string of the molecule is CC(C)[C@H](NC(=O)[C@H](N)CC1CCCCC1)C(=O)N[C@H](B1O[C@@H]2C[C@@H]3C[C@@H](C3(C)C)[C@]2(C)O1)c1ccccc1.